The van der Waals surface area contributed by atoms with E-state index in [4.69, 9.17) is 15.6 Å². The fourth-order valence-electron chi connectivity index (χ4n) is 3.28. The van der Waals surface area contributed by atoms with E-state index in [1.165, 1.54) is 0 Å². The van der Waals surface area contributed by atoms with Crippen molar-refractivity contribution < 1.29 is 19.4 Å². The van der Waals surface area contributed by atoms with E-state index in [2.05, 4.69) is 5.10 Å². The normalized spacial score (nSPS) is 19.2. The Morgan fingerprint density at radius 3 is 2.92 bits per heavy atom. The first kappa shape index (κ1) is 16.4. The molecule has 2 atom stereocenters. The predicted molar refractivity (Wildman–Crippen MR) is 87.7 cm³/mol. The van der Waals surface area contributed by atoms with Crippen molar-refractivity contribution >= 4 is 22.8 Å². The number of ether oxygens (including phenoxy) is 1. The van der Waals surface area contributed by atoms with Gasteiger partial charge in [0.2, 0.25) is 5.91 Å². The van der Waals surface area contributed by atoms with Gasteiger partial charge in [0.1, 0.15) is 0 Å². The molecule has 7 heteroatoms. The van der Waals surface area contributed by atoms with Crippen LogP contribution < -0.4 is 5.73 Å². The largest absolute Gasteiger partial charge is 0.478 e. The minimum absolute atomic E-state index is 0.0136. The van der Waals surface area contributed by atoms with Gasteiger partial charge in [-0.3, -0.25) is 9.48 Å². The lowest BCUT2D eigenvalue weighted by atomic mass is 9.98. The molecular weight excluding hydrogens is 310 g/mol. The summed E-state index contributed by atoms with van der Waals surface area (Å²) in [5.74, 6) is -1.31. The van der Waals surface area contributed by atoms with Gasteiger partial charge in [0.05, 0.1) is 29.4 Å². The van der Waals surface area contributed by atoms with Crippen LogP contribution in [-0.4, -0.2) is 39.5 Å². The van der Waals surface area contributed by atoms with Gasteiger partial charge in [0.25, 0.3) is 0 Å². The zero-order valence-corrected chi connectivity index (χ0v) is 13.4. The first-order valence-electron chi connectivity index (χ1n) is 8.17. The summed E-state index contributed by atoms with van der Waals surface area (Å²) in [7, 11) is 0. The summed E-state index contributed by atoms with van der Waals surface area (Å²) < 4.78 is 7.75. The van der Waals surface area contributed by atoms with Crippen LogP contribution in [0.3, 0.4) is 0 Å². The van der Waals surface area contributed by atoms with Crippen molar-refractivity contribution in [3.63, 3.8) is 0 Å². The van der Waals surface area contributed by atoms with E-state index in [-0.39, 0.29) is 30.0 Å². The molecule has 1 aromatic carbocycles. The number of rotatable bonds is 6. The molecule has 1 aliphatic rings. The number of benzene rings is 1. The Bertz CT molecular complexity index is 749. The van der Waals surface area contributed by atoms with Crippen molar-refractivity contribution in [1.82, 2.24) is 9.78 Å². The Morgan fingerprint density at radius 1 is 1.42 bits per heavy atom. The Kier molecular flexibility index (Phi) is 4.80. The molecule has 1 amide bonds. The molecule has 7 nitrogen and oxygen atoms in total. The second-order valence-electron chi connectivity index (χ2n) is 6.15. The van der Waals surface area contributed by atoms with Crippen LogP contribution in [0.15, 0.2) is 24.4 Å². The molecule has 24 heavy (non-hydrogen) atoms. The zero-order valence-electron chi connectivity index (χ0n) is 13.4. The highest BCUT2D eigenvalue weighted by Crippen LogP contribution is 2.30. The molecule has 1 saturated heterocycles. The number of hydrogen-bond donors (Lipinski definition) is 2. The van der Waals surface area contributed by atoms with Gasteiger partial charge in [-0.05, 0) is 43.9 Å². The van der Waals surface area contributed by atoms with Crippen molar-refractivity contribution in [2.24, 2.45) is 5.73 Å². The highest BCUT2D eigenvalue weighted by atomic mass is 16.5. The van der Waals surface area contributed by atoms with Crippen molar-refractivity contribution in [2.45, 2.75) is 44.2 Å². The van der Waals surface area contributed by atoms with Crippen molar-refractivity contribution in [2.75, 3.05) is 6.61 Å². The molecule has 3 N–H and O–H groups in total. The minimum atomic E-state index is -0.967. The molecular formula is C17H21N3O4. The molecule has 0 saturated carbocycles. The smallest absolute Gasteiger partial charge is 0.335 e. The minimum Gasteiger partial charge on any atom is -0.478 e. The number of nitrogens with two attached hydrogens (primary N) is 1. The van der Waals surface area contributed by atoms with Crippen LogP contribution in [0.5, 0.6) is 0 Å². The van der Waals surface area contributed by atoms with Crippen LogP contribution in [-0.2, 0) is 9.53 Å². The fourth-order valence-corrected chi connectivity index (χ4v) is 3.28. The summed E-state index contributed by atoms with van der Waals surface area (Å²) in [5.41, 5.74) is 6.38. The lowest BCUT2D eigenvalue weighted by Gasteiger charge is -2.31. The number of aromatic nitrogens is 2. The van der Waals surface area contributed by atoms with E-state index >= 15 is 0 Å². The van der Waals surface area contributed by atoms with Gasteiger partial charge in [-0.1, -0.05) is 0 Å². The second-order valence-corrected chi connectivity index (χ2v) is 6.15. The molecule has 0 aliphatic carbocycles. The highest BCUT2D eigenvalue weighted by molar-refractivity contribution is 5.93. The fraction of sp³-hybridized carbons (Fsp3) is 0.471. The summed E-state index contributed by atoms with van der Waals surface area (Å²) in [6.45, 7) is 0.708. The molecule has 0 radical (unpaired) electrons. The number of nitrogens with zero attached hydrogens (tertiary/aromatic N) is 2. The first-order chi connectivity index (χ1) is 11.6. The summed E-state index contributed by atoms with van der Waals surface area (Å²) in [5, 5.41) is 14.3. The second kappa shape index (κ2) is 7.00. The Labute approximate surface area is 139 Å². The van der Waals surface area contributed by atoms with Gasteiger partial charge < -0.3 is 15.6 Å². The molecule has 0 bridgehead atoms. The zero-order chi connectivity index (χ0) is 17.1. The van der Waals surface area contributed by atoms with Crippen LogP contribution in [0, 0.1) is 0 Å². The third-order valence-corrected chi connectivity index (χ3v) is 4.49. The van der Waals surface area contributed by atoms with Crippen LogP contribution in [0.25, 0.3) is 10.9 Å². The van der Waals surface area contributed by atoms with Crippen LogP contribution in [0.2, 0.25) is 0 Å². The maximum atomic E-state index is 11.2. The Hall–Kier alpha value is -2.41. The molecule has 0 spiro atoms. The summed E-state index contributed by atoms with van der Waals surface area (Å²) in [6.07, 6.45) is 5.50. The Morgan fingerprint density at radius 2 is 2.25 bits per heavy atom. The first-order valence-corrected chi connectivity index (χ1v) is 8.17. The van der Waals surface area contributed by atoms with E-state index in [1.807, 2.05) is 4.68 Å². The lowest BCUT2D eigenvalue weighted by Crippen LogP contribution is -2.31. The number of hydrogen-bond acceptors (Lipinski definition) is 4. The number of fused-ring (bicyclic) bond motifs is 1. The maximum Gasteiger partial charge on any atom is 0.335 e. The average molecular weight is 331 g/mol. The van der Waals surface area contributed by atoms with Gasteiger partial charge in [0, 0.05) is 18.4 Å². The molecule has 128 valence electrons. The van der Waals surface area contributed by atoms with E-state index in [0.717, 1.165) is 30.2 Å². The van der Waals surface area contributed by atoms with Gasteiger partial charge in [0.15, 0.2) is 0 Å². The number of aromatic carboxylic acids is 1. The van der Waals surface area contributed by atoms with Gasteiger partial charge in [-0.25, -0.2) is 4.79 Å². The molecule has 3 rings (SSSR count). The number of carbonyl (C=O) groups is 2. The molecule has 1 fully saturated rings. The highest BCUT2D eigenvalue weighted by Gasteiger charge is 2.28. The van der Waals surface area contributed by atoms with Crippen molar-refractivity contribution in [3.8, 4) is 0 Å². The maximum absolute atomic E-state index is 11.2. The number of carboxylic acids is 1. The molecule has 2 heterocycles. The average Bonchev–Trinajstić information content (AvgIpc) is 2.99. The van der Waals surface area contributed by atoms with Gasteiger partial charge in [-0.2, -0.15) is 5.10 Å². The number of amides is 1. The summed E-state index contributed by atoms with van der Waals surface area (Å²) >= 11 is 0. The van der Waals surface area contributed by atoms with Crippen LogP contribution >= 0.6 is 0 Å². The quantitative estimate of drug-likeness (QED) is 0.843. The Balaban J connectivity index is 1.95. The van der Waals surface area contributed by atoms with E-state index in [9.17, 15) is 9.59 Å². The molecule has 2 unspecified atom stereocenters. The third kappa shape index (κ3) is 3.41. The van der Waals surface area contributed by atoms with E-state index < -0.39 is 5.97 Å². The SMILES string of the molecule is NC(=O)CCC(C1CCCCO1)n1ncc2cc(C(=O)O)ccc21. The number of carboxylic acid groups (broad SMARTS) is 1. The predicted octanol–water partition coefficient (Wildman–Crippen LogP) is 2.11. The molecule has 1 aromatic heterocycles. The lowest BCUT2D eigenvalue weighted by molar-refractivity contribution is -0.118. The summed E-state index contributed by atoms with van der Waals surface area (Å²) in [6, 6.07) is 4.83. The van der Waals surface area contributed by atoms with Gasteiger partial charge >= 0.3 is 5.97 Å². The molecule has 2 aromatic rings. The van der Waals surface area contributed by atoms with Gasteiger partial charge in [-0.15, -0.1) is 0 Å². The topological polar surface area (TPSA) is 107 Å². The monoisotopic (exact) mass is 331 g/mol. The van der Waals surface area contributed by atoms with Crippen molar-refractivity contribution in [1.29, 1.82) is 0 Å². The number of primary amides is 1. The molecule has 1 aliphatic heterocycles. The third-order valence-electron chi connectivity index (χ3n) is 4.49. The standard InChI is InChI=1S/C17H21N3O4/c18-16(21)7-6-14(15-3-1-2-8-24-15)20-13-5-4-11(17(22)23)9-12(13)10-19-20/h4-5,9-10,14-15H,1-3,6-8H2,(H2,18,21)(H,22,23). The summed E-state index contributed by atoms with van der Waals surface area (Å²) in [4.78, 5) is 22.3. The van der Waals surface area contributed by atoms with Crippen molar-refractivity contribution in [3.05, 3.63) is 30.0 Å². The van der Waals surface area contributed by atoms with Crippen LogP contribution in [0.1, 0.15) is 48.5 Å². The van der Waals surface area contributed by atoms with E-state index in [0.29, 0.717) is 13.0 Å². The number of carbonyl (C=O) groups excluding carboxylic acids is 1. The van der Waals surface area contributed by atoms with Crippen LogP contribution in [0.4, 0.5) is 0 Å². The van der Waals surface area contributed by atoms with E-state index in [1.54, 1.807) is 24.4 Å².